The lowest BCUT2D eigenvalue weighted by Crippen LogP contribution is -2.27. The van der Waals surface area contributed by atoms with E-state index in [-0.39, 0.29) is 0 Å². The molecule has 0 atom stereocenters. The Labute approximate surface area is 183 Å². The van der Waals surface area contributed by atoms with Crippen LogP contribution in [-0.4, -0.2) is 49.8 Å². The maximum atomic E-state index is 9.07. The molecule has 0 aliphatic carbocycles. The molecule has 0 saturated carbocycles. The summed E-state index contributed by atoms with van der Waals surface area (Å²) in [5, 5.41) is 26.3. The summed E-state index contributed by atoms with van der Waals surface area (Å²) in [5.41, 5.74) is 4.06. The number of anilines is 1. The van der Waals surface area contributed by atoms with Crippen LogP contribution in [0.4, 0.5) is 5.69 Å². The van der Waals surface area contributed by atoms with Crippen LogP contribution in [0.5, 0.6) is 0 Å². The second-order valence-electron chi connectivity index (χ2n) is 7.53. The summed E-state index contributed by atoms with van der Waals surface area (Å²) in [6.45, 7) is 3.36. The Hall–Kier alpha value is -3.17. The molecule has 0 bridgehead atoms. The zero-order valence-electron chi connectivity index (χ0n) is 17.0. The first-order valence-electron chi connectivity index (χ1n) is 10.2. The second-order valence-corrected chi connectivity index (χ2v) is 8.57. The highest BCUT2D eigenvalue weighted by Crippen LogP contribution is 2.30. The van der Waals surface area contributed by atoms with Crippen LogP contribution < -0.4 is 5.32 Å². The number of hydrogen-bond acceptors (Lipinski definition) is 8. The second kappa shape index (κ2) is 8.52. The van der Waals surface area contributed by atoms with Crippen molar-refractivity contribution in [2.45, 2.75) is 35.9 Å². The molecule has 9 heteroatoms. The van der Waals surface area contributed by atoms with E-state index in [9.17, 15) is 0 Å². The predicted octanol–water partition coefficient (Wildman–Crippen LogP) is 4.22. The first-order chi connectivity index (χ1) is 15.2. The minimum atomic E-state index is 0.424. The SMILES string of the molecule is CC(=NO)c1ccc2nnc(Sc3ccc4ncc(NC5CCOCC5)cc4c3)n2c1. The number of rotatable bonds is 5. The van der Waals surface area contributed by atoms with Crippen LogP contribution in [0.15, 0.2) is 64.0 Å². The molecule has 1 fully saturated rings. The van der Waals surface area contributed by atoms with Gasteiger partial charge in [-0.1, -0.05) is 5.16 Å². The third-order valence-corrected chi connectivity index (χ3v) is 6.34. The summed E-state index contributed by atoms with van der Waals surface area (Å²) in [7, 11) is 0. The van der Waals surface area contributed by atoms with E-state index in [1.165, 1.54) is 11.8 Å². The number of fused-ring (bicyclic) bond motifs is 2. The number of pyridine rings is 2. The molecule has 158 valence electrons. The Morgan fingerprint density at radius 1 is 1.19 bits per heavy atom. The molecule has 0 unspecified atom stereocenters. The number of nitrogens with one attached hydrogen (secondary N) is 1. The van der Waals surface area contributed by atoms with Crippen LogP contribution in [0.1, 0.15) is 25.3 Å². The van der Waals surface area contributed by atoms with Crippen LogP contribution in [0.25, 0.3) is 16.6 Å². The minimum absolute atomic E-state index is 0.424. The monoisotopic (exact) mass is 434 g/mol. The maximum absolute atomic E-state index is 9.07. The molecule has 31 heavy (non-hydrogen) atoms. The summed E-state index contributed by atoms with van der Waals surface area (Å²) in [6, 6.07) is 12.5. The van der Waals surface area contributed by atoms with Crippen molar-refractivity contribution in [3.05, 3.63) is 54.4 Å². The molecule has 8 nitrogen and oxygen atoms in total. The molecule has 4 aromatic rings. The van der Waals surface area contributed by atoms with E-state index in [1.807, 2.05) is 41.1 Å². The van der Waals surface area contributed by atoms with Gasteiger partial charge in [-0.2, -0.15) is 0 Å². The van der Waals surface area contributed by atoms with E-state index in [2.05, 4.69) is 37.8 Å². The minimum Gasteiger partial charge on any atom is -0.411 e. The van der Waals surface area contributed by atoms with Gasteiger partial charge in [-0.3, -0.25) is 9.38 Å². The van der Waals surface area contributed by atoms with Crippen LogP contribution >= 0.6 is 11.8 Å². The Morgan fingerprint density at radius 2 is 2.06 bits per heavy atom. The lowest BCUT2D eigenvalue weighted by Gasteiger charge is -2.24. The van der Waals surface area contributed by atoms with Crippen LogP contribution in [0, 0.1) is 0 Å². The first kappa shape index (κ1) is 19.8. The molecular formula is C22H22N6O2S. The van der Waals surface area contributed by atoms with Crippen molar-refractivity contribution in [1.29, 1.82) is 0 Å². The molecular weight excluding hydrogens is 412 g/mol. The fourth-order valence-corrected chi connectivity index (χ4v) is 4.51. The van der Waals surface area contributed by atoms with Crippen molar-refractivity contribution in [2.75, 3.05) is 18.5 Å². The summed E-state index contributed by atoms with van der Waals surface area (Å²) >= 11 is 1.53. The summed E-state index contributed by atoms with van der Waals surface area (Å²) in [6.07, 6.45) is 5.79. The van der Waals surface area contributed by atoms with Crippen molar-refractivity contribution in [3.8, 4) is 0 Å². The molecule has 0 radical (unpaired) electrons. The lowest BCUT2D eigenvalue weighted by molar-refractivity contribution is 0.0904. The Kier molecular flexibility index (Phi) is 5.44. The fraction of sp³-hybridized carbons (Fsp3) is 0.273. The van der Waals surface area contributed by atoms with E-state index < -0.39 is 0 Å². The first-order valence-corrected chi connectivity index (χ1v) is 11.0. The molecule has 4 heterocycles. The zero-order valence-corrected chi connectivity index (χ0v) is 17.8. The highest BCUT2D eigenvalue weighted by atomic mass is 32.2. The number of aromatic nitrogens is 4. The molecule has 1 aromatic carbocycles. The molecule has 2 N–H and O–H groups in total. The van der Waals surface area contributed by atoms with Gasteiger partial charge in [0.1, 0.15) is 0 Å². The van der Waals surface area contributed by atoms with E-state index >= 15 is 0 Å². The molecule has 0 amide bonds. The predicted molar refractivity (Wildman–Crippen MR) is 120 cm³/mol. The third-order valence-electron chi connectivity index (χ3n) is 5.39. The van der Waals surface area contributed by atoms with Gasteiger partial charge in [0.25, 0.3) is 0 Å². The quantitative estimate of drug-likeness (QED) is 0.276. The Bertz CT molecular complexity index is 1270. The van der Waals surface area contributed by atoms with Crippen molar-refractivity contribution in [1.82, 2.24) is 19.6 Å². The Balaban J connectivity index is 1.42. The summed E-state index contributed by atoms with van der Waals surface area (Å²) in [5.74, 6) is 0. The summed E-state index contributed by atoms with van der Waals surface area (Å²) in [4.78, 5) is 5.65. The number of benzene rings is 1. The fourth-order valence-electron chi connectivity index (χ4n) is 3.65. The third kappa shape index (κ3) is 4.19. The molecule has 1 aliphatic heterocycles. The lowest BCUT2D eigenvalue weighted by atomic mass is 10.1. The number of oxime groups is 1. The smallest absolute Gasteiger partial charge is 0.200 e. The zero-order chi connectivity index (χ0) is 21.2. The molecule has 1 aliphatic rings. The normalized spacial score (nSPS) is 15.6. The van der Waals surface area contributed by atoms with E-state index in [4.69, 9.17) is 9.94 Å². The van der Waals surface area contributed by atoms with Crippen LogP contribution in [0.3, 0.4) is 0 Å². The van der Waals surface area contributed by atoms with Crippen molar-refractivity contribution < 1.29 is 9.94 Å². The van der Waals surface area contributed by atoms with Gasteiger partial charge in [-0.25, -0.2) is 0 Å². The largest absolute Gasteiger partial charge is 0.411 e. The number of hydrogen-bond donors (Lipinski definition) is 2. The van der Waals surface area contributed by atoms with E-state index in [1.54, 1.807) is 6.92 Å². The highest BCUT2D eigenvalue weighted by Gasteiger charge is 2.14. The Morgan fingerprint density at radius 3 is 2.90 bits per heavy atom. The van der Waals surface area contributed by atoms with Crippen molar-refractivity contribution in [3.63, 3.8) is 0 Å². The van der Waals surface area contributed by atoms with Gasteiger partial charge in [0, 0.05) is 41.3 Å². The van der Waals surface area contributed by atoms with E-state index in [0.29, 0.717) is 11.8 Å². The van der Waals surface area contributed by atoms with Crippen molar-refractivity contribution in [2.24, 2.45) is 5.16 Å². The number of nitrogens with zero attached hydrogens (tertiary/aromatic N) is 5. The van der Waals surface area contributed by atoms with Crippen LogP contribution in [-0.2, 0) is 4.74 Å². The topological polar surface area (TPSA) is 96.9 Å². The van der Waals surface area contributed by atoms with Gasteiger partial charge in [0.2, 0.25) is 0 Å². The van der Waals surface area contributed by atoms with Gasteiger partial charge < -0.3 is 15.3 Å². The van der Waals surface area contributed by atoms with Gasteiger partial charge in [0.15, 0.2) is 10.8 Å². The van der Waals surface area contributed by atoms with Gasteiger partial charge in [-0.15, -0.1) is 10.2 Å². The molecule has 3 aromatic heterocycles. The van der Waals surface area contributed by atoms with Crippen molar-refractivity contribution >= 4 is 39.7 Å². The average molecular weight is 435 g/mol. The van der Waals surface area contributed by atoms with Crippen LogP contribution in [0.2, 0.25) is 0 Å². The maximum Gasteiger partial charge on any atom is 0.200 e. The summed E-state index contributed by atoms with van der Waals surface area (Å²) < 4.78 is 7.34. The molecule has 5 rings (SSSR count). The highest BCUT2D eigenvalue weighted by molar-refractivity contribution is 7.99. The number of ether oxygens (including phenoxy) is 1. The molecule has 0 spiro atoms. The van der Waals surface area contributed by atoms with Gasteiger partial charge >= 0.3 is 0 Å². The van der Waals surface area contributed by atoms with Gasteiger partial charge in [-0.05, 0) is 67.9 Å². The average Bonchev–Trinajstić information content (AvgIpc) is 3.21. The molecule has 1 saturated heterocycles. The van der Waals surface area contributed by atoms with Gasteiger partial charge in [0.05, 0.1) is 23.1 Å². The standard InChI is InChI=1S/C22H22N6O2S/c1-14(27-29)15-2-5-21-25-26-22(28(21)13-15)31-19-3-4-20-16(11-19)10-18(12-23-20)24-17-6-8-30-9-7-17/h2-5,10-13,17,24,29H,6-9H2,1H3. The van der Waals surface area contributed by atoms with E-state index in [0.717, 1.165) is 63.9 Å².